The maximum absolute atomic E-state index is 12.5. The van der Waals surface area contributed by atoms with E-state index >= 15 is 0 Å². The van der Waals surface area contributed by atoms with Gasteiger partial charge >= 0.3 is 6.18 Å². The van der Waals surface area contributed by atoms with E-state index in [-0.39, 0.29) is 17.7 Å². The molecule has 0 aromatic carbocycles. The highest BCUT2D eigenvalue weighted by molar-refractivity contribution is 5.45. The summed E-state index contributed by atoms with van der Waals surface area (Å²) in [5.41, 5.74) is 5.35. The van der Waals surface area contributed by atoms with E-state index in [4.69, 9.17) is 10.5 Å². The lowest BCUT2D eigenvalue weighted by Gasteiger charge is -2.23. The summed E-state index contributed by atoms with van der Waals surface area (Å²) in [6.45, 7) is 1.18. The molecule has 5 nitrogen and oxygen atoms in total. The SMILES string of the molecule is Nc1cc(NC2CCOCC2)nc(C(F)(F)F)n1. The zero-order valence-electron chi connectivity index (χ0n) is 9.50. The number of aromatic nitrogens is 2. The fraction of sp³-hybridized carbons (Fsp3) is 0.600. The number of hydrogen-bond acceptors (Lipinski definition) is 5. The van der Waals surface area contributed by atoms with Crippen molar-refractivity contribution in [2.24, 2.45) is 0 Å². The van der Waals surface area contributed by atoms with Gasteiger partial charge in [-0.15, -0.1) is 0 Å². The summed E-state index contributed by atoms with van der Waals surface area (Å²) in [6, 6.07) is 1.35. The molecular weight excluding hydrogens is 249 g/mol. The van der Waals surface area contributed by atoms with E-state index in [1.54, 1.807) is 0 Å². The highest BCUT2D eigenvalue weighted by Gasteiger charge is 2.35. The second kappa shape index (κ2) is 4.97. The van der Waals surface area contributed by atoms with Crippen LogP contribution in [0, 0.1) is 0 Å². The van der Waals surface area contributed by atoms with Crippen molar-refractivity contribution in [2.75, 3.05) is 24.3 Å². The van der Waals surface area contributed by atoms with Gasteiger partial charge in [-0.05, 0) is 12.8 Å². The van der Waals surface area contributed by atoms with Gasteiger partial charge in [0.15, 0.2) is 0 Å². The molecule has 0 saturated carbocycles. The molecule has 2 heterocycles. The Hall–Kier alpha value is -1.57. The largest absolute Gasteiger partial charge is 0.451 e. The molecule has 1 aromatic heterocycles. The summed E-state index contributed by atoms with van der Waals surface area (Å²) in [4.78, 5) is 6.61. The van der Waals surface area contributed by atoms with Crippen molar-refractivity contribution in [1.29, 1.82) is 0 Å². The molecule has 100 valence electrons. The van der Waals surface area contributed by atoms with E-state index in [1.165, 1.54) is 6.07 Å². The van der Waals surface area contributed by atoms with Crippen LogP contribution in [0.5, 0.6) is 0 Å². The number of hydrogen-bond donors (Lipinski definition) is 2. The number of alkyl halides is 3. The van der Waals surface area contributed by atoms with Crippen LogP contribution in [0.15, 0.2) is 6.07 Å². The molecule has 0 amide bonds. The molecule has 1 aliphatic heterocycles. The Bertz CT molecular complexity index is 418. The Morgan fingerprint density at radius 3 is 2.56 bits per heavy atom. The van der Waals surface area contributed by atoms with Crippen LogP contribution in [-0.4, -0.2) is 29.2 Å². The third-order valence-corrected chi connectivity index (χ3v) is 2.57. The number of nitrogens with two attached hydrogens (primary N) is 1. The monoisotopic (exact) mass is 262 g/mol. The Labute approximate surface area is 102 Å². The van der Waals surface area contributed by atoms with Gasteiger partial charge in [-0.3, -0.25) is 0 Å². The zero-order valence-corrected chi connectivity index (χ0v) is 9.50. The Morgan fingerprint density at radius 2 is 1.94 bits per heavy atom. The molecule has 0 spiro atoms. The molecule has 1 saturated heterocycles. The van der Waals surface area contributed by atoms with Crippen LogP contribution < -0.4 is 11.1 Å². The quantitative estimate of drug-likeness (QED) is 0.848. The second-order valence-electron chi connectivity index (χ2n) is 4.03. The number of anilines is 2. The average molecular weight is 262 g/mol. The van der Waals surface area contributed by atoms with Crippen LogP contribution in [0.2, 0.25) is 0 Å². The molecular formula is C10H13F3N4O. The molecule has 3 N–H and O–H groups in total. The predicted molar refractivity (Wildman–Crippen MR) is 58.9 cm³/mol. The smallest absolute Gasteiger partial charge is 0.384 e. The van der Waals surface area contributed by atoms with Gasteiger partial charge in [0.2, 0.25) is 5.82 Å². The Balaban J connectivity index is 2.14. The van der Waals surface area contributed by atoms with Gasteiger partial charge in [0.05, 0.1) is 0 Å². The first-order valence-electron chi connectivity index (χ1n) is 5.51. The first kappa shape index (κ1) is 12.9. The molecule has 0 unspecified atom stereocenters. The molecule has 1 fully saturated rings. The van der Waals surface area contributed by atoms with E-state index in [2.05, 4.69) is 15.3 Å². The number of nitrogen functional groups attached to an aromatic ring is 1. The maximum Gasteiger partial charge on any atom is 0.451 e. The van der Waals surface area contributed by atoms with Crippen LogP contribution in [0.25, 0.3) is 0 Å². The molecule has 1 aromatic rings. The summed E-state index contributed by atoms with van der Waals surface area (Å²) in [5.74, 6) is -1.33. The van der Waals surface area contributed by atoms with Crippen LogP contribution in [0.4, 0.5) is 24.8 Å². The Morgan fingerprint density at radius 1 is 1.28 bits per heavy atom. The van der Waals surface area contributed by atoms with Crippen LogP contribution in [0.3, 0.4) is 0 Å². The third kappa shape index (κ3) is 3.22. The summed E-state index contributed by atoms with van der Waals surface area (Å²) in [6.07, 6.45) is -3.14. The van der Waals surface area contributed by atoms with Crippen molar-refractivity contribution >= 4 is 11.6 Å². The van der Waals surface area contributed by atoms with Crippen molar-refractivity contribution in [3.63, 3.8) is 0 Å². The van der Waals surface area contributed by atoms with Crippen molar-refractivity contribution in [3.8, 4) is 0 Å². The van der Waals surface area contributed by atoms with Crippen LogP contribution in [0.1, 0.15) is 18.7 Å². The van der Waals surface area contributed by atoms with Gasteiger partial charge in [-0.1, -0.05) is 0 Å². The molecule has 1 aliphatic rings. The maximum atomic E-state index is 12.5. The van der Waals surface area contributed by atoms with Crippen molar-refractivity contribution in [1.82, 2.24) is 9.97 Å². The molecule has 0 aliphatic carbocycles. The number of ether oxygens (including phenoxy) is 1. The van der Waals surface area contributed by atoms with E-state index in [0.717, 1.165) is 12.8 Å². The highest BCUT2D eigenvalue weighted by Crippen LogP contribution is 2.28. The molecule has 0 atom stereocenters. The molecule has 2 rings (SSSR count). The fourth-order valence-corrected chi connectivity index (χ4v) is 1.72. The molecule has 18 heavy (non-hydrogen) atoms. The lowest BCUT2D eigenvalue weighted by Crippen LogP contribution is -2.28. The normalized spacial score (nSPS) is 17.7. The first-order chi connectivity index (χ1) is 8.45. The van der Waals surface area contributed by atoms with Crippen LogP contribution >= 0.6 is 0 Å². The lowest BCUT2D eigenvalue weighted by molar-refractivity contribution is -0.144. The topological polar surface area (TPSA) is 73.1 Å². The first-order valence-corrected chi connectivity index (χ1v) is 5.51. The van der Waals surface area contributed by atoms with E-state index < -0.39 is 12.0 Å². The summed E-state index contributed by atoms with van der Waals surface area (Å²) in [7, 11) is 0. The molecule has 8 heteroatoms. The third-order valence-electron chi connectivity index (χ3n) is 2.57. The van der Waals surface area contributed by atoms with Crippen molar-refractivity contribution in [3.05, 3.63) is 11.9 Å². The standard InChI is InChI=1S/C10H13F3N4O/c11-10(12,13)9-16-7(14)5-8(17-9)15-6-1-3-18-4-2-6/h5-6H,1-4H2,(H3,14,15,16,17). The number of halogens is 3. The van der Waals surface area contributed by atoms with Gasteiger partial charge in [-0.25, -0.2) is 9.97 Å². The molecule has 0 bridgehead atoms. The van der Waals surface area contributed by atoms with Gasteiger partial charge in [0, 0.05) is 25.3 Å². The zero-order chi connectivity index (χ0) is 13.2. The summed E-state index contributed by atoms with van der Waals surface area (Å²) >= 11 is 0. The predicted octanol–water partition coefficient (Wildman–Crippen LogP) is 1.67. The second-order valence-corrected chi connectivity index (χ2v) is 4.03. The summed E-state index contributed by atoms with van der Waals surface area (Å²) in [5, 5.41) is 2.92. The highest BCUT2D eigenvalue weighted by atomic mass is 19.4. The van der Waals surface area contributed by atoms with Gasteiger partial charge in [-0.2, -0.15) is 13.2 Å². The lowest BCUT2D eigenvalue weighted by atomic mass is 10.1. The summed E-state index contributed by atoms with van der Waals surface area (Å²) < 4.78 is 42.7. The van der Waals surface area contributed by atoms with E-state index in [1.807, 2.05) is 0 Å². The van der Waals surface area contributed by atoms with Gasteiger partial charge < -0.3 is 15.8 Å². The minimum Gasteiger partial charge on any atom is -0.384 e. The molecule has 0 radical (unpaired) electrons. The van der Waals surface area contributed by atoms with Crippen molar-refractivity contribution in [2.45, 2.75) is 25.1 Å². The van der Waals surface area contributed by atoms with E-state index in [9.17, 15) is 13.2 Å². The fourth-order valence-electron chi connectivity index (χ4n) is 1.72. The van der Waals surface area contributed by atoms with Gasteiger partial charge in [0.1, 0.15) is 11.6 Å². The Kier molecular flexibility index (Phi) is 3.55. The number of nitrogens with one attached hydrogen (secondary N) is 1. The average Bonchev–Trinajstić information content (AvgIpc) is 2.28. The minimum absolute atomic E-state index is 0.0501. The van der Waals surface area contributed by atoms with Crippen LogP contribution in [-0.2, 0) is 10.9 Å². The van der Waals surface area contributed by atoms with Crippen molar-refractivity contribution < 1.29 is 17.9 Å². The van der Waals surface area contributed by atoms with Gasteiger partial charge in [0.25, 0.3) is 0 Å². The number of nitrogens with zero attached hydrogens (tertiary/aromatic N) is 2. The minimum atomic E-state index is -4.60. The number of rotatable bonds is 2. The van der Waals surface area contributed by atoms with E-state index in [0.29, 0.717) is 13.2 Å².